The maximum absolute atomic E-state index is 13.7. The van der Waals surface area contributed by atoms with Crippen molar-refractivity contribution in [2.24, 2.45) is 0 Å². The van der Waals surface area contributed by atoms with Gasteiger partial charge in [0.15, 0.2) is 31.2 Å². The molecule has 0 radical (unpaired) electrons. The highest BCUT2D eigenvalue weighted by Gasteiger charge is 2.51. The quantitative estimate of drug-likeness (QED) is 0.0679. The van der Waals surface area contributed by atoms with Gasteiger partial charge in [0.25, 0.3) is 0 Å². The Labute approximate surface area is 241 Å². The number of hydrogen-bond donors (Lipinski definition) is 0. The van der Waals surface area contributed by atoms with Gasteiger partial charge in [0.1, 0.15) is 31.0 Å². The second-order valence-electron chi connectivity index (χ2n) is 12.8. The average molecular weight is 623 g/mol. The number of ether oxygens (including phenoxy) is 2. The molecule has 0 aromatic rings. The normalized spacial score (nSPS) is 25.2. The third kappa shape index (κ3) is 15.1. The molecule has 8 nitrogen and oxygen atoms in total. The van der Waals surface area contributed by atoms with Crippen molar-refractivity contribution in [2.75, 3.05) is 19.8 Å². The molecule has 0 spiro atoms. The molecule has 1 fully saturated rings. The first-order chi connectivity index (χ1) is 17.9. The fourth-order valence-electron chi connectivity index (χ4n) is 3.86. The van der Waals surface area contributed by atoms with Crippen LogP contribution in [0.2, 0.25) is 58.9 Å². The summed E-state index contributed by atoms with van der Waals surface area (Å²) in [5.41, 5.74) is 0. The number of terminal acetylenes is 1. The van der Waals surface area contributed by atoms with Crippen LogP contribution in [0.5, 0.6) is 0 Å². The van der Waals surface area contributed by atoms with Crippen LogP contribution in [-0.2, 0) is 36.4 Å². The van der Waals surface area contributed by atoms with E-state index >= 15 is 0 Å². The predicted octanol–water partition coefficient (Wildman–Crippen LogP) is 7.36. The zero-order chi connectivity index (χ0) is 29.9. The summed E-state index contributed by atoms with van der Waals surface area (Å²) in [4.78, 5) is 0. The first-order valence-corrected chi connectivity index (χ1v) is 26.1. The van der Waals surface area contributed by atoms with E-state index in [1.54, 1.807) is 6.08 Å². The van der Waals surface area contributed by atoms with Crippen LogP contribution in [0.3, 0.4) is 0 Å². The van der Waals surface area contributed by atoms with Crippen molar-refractivity contribution in [2.45, 2.75) is 129 Å². The van der Waals surface area contributed by atoms with Crippen LogP contribution >= 0.6 is 7.60 Å². The molecule has 0 N–H and O–H groups in total. The van der Waals surface area contributed by atoms with E-state index in [4.69, 9.17) is 38.2 Å². The molecule has 0 aromatic carbocycles. The molecule has 5 atom stereocenters. The summed E-state index contributed by atoms with van der Waals surface area (Å²) in [5.74, 6) is 4.05. The Bertz CT molecular complexity index is 815. The van der Waals surface area contributed by atoms with Crippen molar-refractivity contribution in [3.63, 3.8) is 0 Å². The number of rotatable bonds is 18. The highest BCUT2D eigenvalue weighted by Crippen LogP contribution is 2.50. The third-order valence-corrected chi connectivity index (χ3v) is 9.89. The van der Waals surface area contributed by atoms with Crippen molar-refractivity contribution in [1.29, 1.82) is 0 Å². The second-order valence-corrected chi connectivity index (χ2v) is 28.1. The molecule has 1 rings (SSSR count). The Morgan fingerprint density at radius 3 is 1.69 bits per heavy atom. The molecular weight excluding hydrogens is 568 g/mol. The molecule has 1 heterocycles. The first kappa shape index (κ1) is 36.9. The van der Waals surface area contributed by atoms with Gasteiger partial charge in [-0.05, 0) is 77.8 Å². The molecule has 1 aliphatic heterocycles. The van der Waals surface area contributed by atoms with Crippen molar-refractivity contribution in [3.8, 4) is 12.3 Å². The fourth-order valence-corrected chi connectivity index (χ4v) is 8.48. The van der Waals surface area contributed by atoms with E-state index in [0.717, 1.165) is 25.7 Å². The Morgan fingerprint density at radius 2 is 1.26 bits per heavy atom. The average Bonchev–Trinajstić information content (AvgIpc) is 2.78. The van der Waals surface area contributed by atoms with Crippen LogP contribution in [0, 0.1) is 12.3 Å². The van der Waals surface area contributed by atoms with Gasteiger partial charge >= 0.3 is 7.60 Å². The predicted molar refractivity (Wildman–Crippen MR) is 167 cm³/mol. The van der Waals surface area contributed by atoms with E-state index in [1.165, 1.54) is 5.82 Å². The topological polar surface area (TPSA) is 81.7 Å². The van der Waals surface area contributed by atoms with Crippen LogP contribution in [-0.4, -0.2) is 75.5 Å². The summed E-state index contributed by atoms with van der Waals surface area (Å²) in [6, 6.07) is 0. The molecular formula is C27H55O8PSi3. The molecule has 0 bridgehead atoms. The van der Waals surface area contributed by atoms with Crippen LogP contribution in [0.15, 0.2) is 11.9 Å². The van der Waals surface area contributed by atoms with E-state index in [2.05, 4.69) is 78.7 Å². The van der Waals surface area contributed by atoms with E-state index in [9.17, 15) is 4.57 Å². The van der Waals surface area contributed by atoms with Gasteiger partial charge in [-0.2, -0.15) is 0 Å². The summed E-state index contributed by atoms with van der Waals surface area (Å²) < 4.78 is 57.9. The molecule has 2 unspecified atom stereocenters. The van der Waals surface area contributed by atoms with Crippen molar-refractivity contribution in [1.82, 2.24) is 0 Å². The summed E-state index contributed by atoms with van der Waals surface area (Å²) in [5, 5.41) is 0. The van der Waals surface area contributed by atoms with Gasteiger partial charge in [-0.1, -0.05) is 32.6 Å². The maximum atomic E-state index is 13.7. The Balaban J connectivity index is 3.56. The SMILES string of the molecule is C#CCO[C@H]1OC(/C=C/P(=O)(OCCCC)OCCCC)[C@@H](O[Si](C)(C)C)[C@H](O[Si](C)(C)C)C1O[Si](C)(C)C. The summed E-state index contributed by atoms with van der Waals surface area (Å²) in [7, 11) is -9.74. The highest BCUT2D eigenvalue weighted by atomic mass is 31.2. The minimum absolute atomic E-state index is 0.0601. The number of hydrogen-bond acceptors (Lipinski definition) is 8. The van der Waals surface area contributed by atoms with Crippen molar-refractivity contribution < 1.29 is 36.4 Å². The summed E-state index contributed by atoms with van der Waals surface area (Å²) in [6.07, 6.45) is 7.79. The van der Waals surface area contributed by atoms with Gasteiger partial charge in [-0.25, -0.2) is 0 Å². The van der Waals surface area contributed by atoms with Crippen molar-refractivity contribution in [3.05, 3.63) is 11.9 Å². The van der Waals surface area contributed by atoms with E-state index in [0.29, 0.717) is 13.2 Å². The summed E-state index contributed by atoms with van der Waals surface area (Å²) in [6.45, 7) is 24.0. The monoisotopic (exact) mass is 622 g/mol. The van der Waals surface area contributed by atoms with Gasteiger partial charge in [-0.15, -0.1) is 6.42 Å². The Kier molecular flexibility index (Phi) is 15.6. The fraction of sp³-hybridized carbons (Fsp3) is 0.852. The third-order valence-electron chi connectivity index (χ3n) is 5.33. The molecule has 1 saturated heterocycles. The van der Waals surface area contributed by atoms with Crippen LogP contribution < -0.4 is 0 Å². The summed E-state index contributed by atoms with van der Waals surface area (Å²) >= 11 is 0. The van der Waals surface area contributed by atoms with E-state index in [-0.39, 0.29) is 6.61 Å². The molecule has 228 valence electrons. The highest BCUT2D eigenvalue weighted by molar-refractivity contribution is 7.57. The minimum atomic E-state index is -3.51. The van der Waals surface area contributed by atoms with Crippen LogP contribution in [0.1, 0.15) is 39.5 Å². The zero-order valence-corrected chi connectivity index (χ0v) is 30.2. The Hall–Kier alpha value is -0.0994. The lowest BCUT2D eigenvalue weighted by molar-refractivity contribution is -0.273. The smallest absolute Gasteiger partial charge is 0.353 e. The van der Waals surface area contributed by atoms with Gasteiger partial charge in [-0.3, -0.25) is 4.57 Å². The molecule has 0 aromatic heterocycles. The van der Waals surface area contributed by atoms with Crippen LogP contribution in [0.25, 0.3) is 0 Å². The lowest BCUT2D eigenvalue weighted by Gasteiger charge is -2.50. The molecule has 39 heavy (non-hydrogen) atoms. The lowest BCUT2D eigenvalue weighted by Crippen LogP contribution is -2.65. The molecule has 0 saturated carbocycles. The number of unbranched alkanes of at least 4 members (excludes halogenated alkanes) is 2. The van der Waals surface area contributed by atoms with Crippen LogP contribution in [0.4, 0.5) is 0 Å². The van der Waals surface area contributed by atoms with Gasteiger partial charge in [0.05, 0.1) is 13.2 Å². The van der Waals surface area contributed by atoms with Crippen molar-refractivity contribution >= 4 is 32.5 Å². The Morgan fingerprint density at radius 1 is 0.795 bits per heavy atom. The molecule has 0 amide bonds. The molecule has 12 heteroatoms. The lowest BCUT2D eigenvalue weighted by atomic mass is 9.99. The standard InChI is InChI=1S/C27H55O8PSi3/c1-13-16-20-30-36(28,31-21-17-14-2)22-18-23-24(33-37(4,5)6)25(34-38(7,8)9)26(35-39(10,11)12)27(32-23)29-19-15-3/h3,18,22-27H,13-14,16-17,19-21H2,1-2,4-12H3/b22-18+/t23?,24-,25+,26?,27+/m1/s1. The van der Waals surface area contributed by atoms with Gasteiger partial charge in [0, 0.05) is 5.82 Å². The van der Waals surface area contributed by atoms with E-state index in [1.807, 2.05) is 0 Å². The zero-order valence-electron chi connectivity index (χ0n) is 26.3. The second kappa shape index (κ2) is 16.5. The first-order valence-electron chi connectivity index (χ1n) is 14.3. The molecule has 1 aliphatic rings. The largest absolute Gasteiger partial charge is 0.409 e. The molecule has 0 aliphatic carbocycles. The van der Waals surface area contributed by atoms with Gasteiger partial charge < -0.3 is 31.8 Å². The maximum Gasteiger partial charge on any atom is 0.353 e. The van der Waals surface area contributed by atoms with E-state index < -0.39 is 63.3 Å². The van der Waals surface area contributed by atoms with Gasteiger partial charge in [0.2, 0.25) is 0 Å². The minimum Gasteiger partial charge on any atom is -0.409 e.